The second-order valence-corrected chi connectivity index (χ2v) is 14.5. The fourth-order valence-electron chi connectivity index (χ4n) is 7.09. The number of nitrogens with zero attached hydrogens (tertiary/aromatic N) is 4. The minimum Gasteiger partial charge on any atom is -0.493 e. The van der Waals surface area contributed by atoms with E-state index in [1.807, 2.05) is 42.8 Å². The van der Waals surface area contributed by atoms with Gasteiger partial charge in [0.15, 0.2) is 0 Å². The number of ether oxygens (including phenoxy) is 1. The summed E-state index contributed by atoms with van der Waals surface area (Å²) in [6, 6.07) is 16.4. The van der Waals surface area contributed by atoms with Gasteiger partial charge < -0.3 is 18.8 Å². The molecule has 0 fully saturated rings. The van der Waals surface area contributed by atoms with E-state index in [-0.39, 0.29) is 5.69 Å². The Labute approximate surface area is 285 Å². The number of oxazole rings is 1. The zero-order valence-corrected chi connectivity index (χ0v) is 28.5. The molecule has 0 unspecified atom stereocenters. The van der Waals surface area contributed by atoms with Gasteiger partial charge in [-0.25, -0.2) is 9.78 Å². The molecule has 11 heteroatoms. The minimum absolute atomic E-state index is 0.282. The summed E-state index contributed by atoms with van der Waals surface area (Å²) in [6.07, 6.45) is 3.11. The van der Waals surface area contributed by atoms with Gasteiger partial charge in [-0.15, -0.1) is 23.5 Å². The number of fused-ring (bicyclic) bond motifs is 10. The van der Waals surface area contributed by atoms with E-state index in [0.717, 1.165) is 91.2 Å². The molecular formula is C36H33ClN4O4S2. The van der Waals surface area contributed by atoms with Gasteiger partial charge >= 0.3 is 5.97 Å². The summed E-state index contributed by atoms with van der Waals surface area (Å²) in [5.74, 6) is 3.34. The van der Waals surface area contributed by atoms with Crippen LogP contribution in [0.15, 0.2) is 57.8 Å². The molecule has 5 heterocycles. The van der Waals surface area contributed by atoms with Crippen molar-refractivity contribution in [2.75, 3.05) is 6.61 Å². The highest BCUT2D eigenvalue weighted by Gasteiger charge is 2.30. The molecule has 0 spiro atoms. The molecule has 0 aliphatic carbocycles. The summed E-state index contributed by atoms with van der Waals surface area (Å²) in [7, 11) is 1.83. The van der Waals surface area contributed by atoms with Crippen molar-refractivity contribution in [1.82, 2.24) is 19.3 Å². The number of halogens is 1. The number of aryl methyl sites for hydroxylation is 4. The fourth-order valence-corrected chi connectivity index (χ4v) is 9.11. The first-order valence-corrected chi connectivity index (χ1v) is 18.3. The van der Waals surface area contributed by atoms with Crippen molar-refractivity contribution in [3.63, 3.8) is 0 Å². The van der Waals surface area contributed by atoms with Gasteiger partial charge in [-0.05, 0) is 61.8 Å². The first kappa shape index (κ1) is 30.5. The van der Waals surface area contributed by atoms with Gasteiger partial charge in [0, 0.05) is 57.6 Å². The molecule has 0 amide bonds. The number of aromatic nitrogens is 4. The van der Waals surface area contributed by atoms with E-state index in [2.05, 4.69) is 28.9 Å². The summed E-state index contributed by atoms with van der Waals surface area (Å²) in [5, 5.41) is 19.2. The molecule has 2 aliphatic rings. The van der Waals surface area contributed by atoms with E-state index in [4.69, 9.17) is 30.8 Å². The van der Waals surface area contributed by atoms with Crippen LogP contribution in [0.3, 0.4) is 0 Å². The lowest BCUT2D eigenvalue weighted by Crippen LogP contribution is -2.09. The molecule has 8 nitrogen and oxygen atoms in total. The van der Waals surface area contributed by atoms with Crippen molar-refractivity contribution < 1.29 is 19.1 Å². The molecule has 0 saturated carbocycles. The molecule has 3 aromatic heterocycles. The molecule has 0 radical (unpaired) electrons. The maximum absolute atomic E-state index is 12.8. The van der Waals surface area contributed by atoms with Gasteiger partial charge in [-0.1, -0.05) is 41.9 Å². The SMILES string of the molecule is Cc1oc2nc1CSc1cc(c3ccccc3c1)OCCCc1c(C(=O)O)n(C)c3c(c(Cl)ccc13)-c1c(nn3c1CCC3)CSC2. The summed E-state index contributed by atoms with van der Waals surface area (Å²) in [5.41, 5.74) is 6.84. The highest BCUT2D eigenvalue weighted by Crippen LogP contribution is 2.44. The normalized spacial score (nSPS) is 15.4. The number of carbonyl (C=O) groups is 1. The van der Waals surface area contributed by atoms with Gasteiger partial charge in [-0.2, -0.15) is 5.10 Å². The molecule has 0 atom stereocenters. The lowest BCUT2D eigenvalue weighted by atomic mass is 9.97. The predicted molar refractivity (Wildman–Crippen MR) is 188 cm³/mol. The highest BCUT2D eigenvalue weighted by atomic mass is 35.5. The average Bonchev–Trinajstić information content (AvgIpc) is 3.80. The topological polar surface area (TPSA) is 95.3 Å². The Balaban J connectivity index is 1.26. The Morgan fingerprint density at radius 1 is 1.00 bits per heavy atom. The summed E-state index contributed by atoms with van der Waals surface area (Å²) in [4.78, 5) is 18.7. The molecule has 8 rings (SSSR count). The van der Waals surface area contributed by atoms with Crippen LogP contribution in [0.25, 0.3) is 32.8 Å². The molecule has 2 aliphatic heterocycles. The summed E-state index contributed by atoms with van der Waals surface area (Å²) < 4.78 is 16.5. The van der Waals surface area contributed by atoms with E-state index in [9.17, 15) is 9.90 Å². The van der Waals surface area contributed by atoms with Crippen LogP contribution in [0.5, 0.6) is 5.75 Å². The van der Waals surface area contributed by atoms with Crippen molar-refractivity contribution in [3.05, 3.63) is 93.5 Å². The number of carboxylic acid groups (broad SMARTS) is 1. The first-order chi connectivity index (χ1) is 22.9. The standard InChI is InChI=1S/C36H33ClN4O4S2/c1-20-27-18-47-22-15-21-7-3-4-8-23(21)30(16-22)44-14-6-9-24-25-11-12-26(37)32(34(25)40(2)35(24)36(42)43)33-28(17-46-19-31(38-27)45-20)39-41-13-5-10-29(33)41/h3-4,7-8,11-12,15-16H,5-6,9-10,13-14,17-19H2,1-2H3,(H,42,43). The number of hydrogen-bond acceptors (Lipinski definition) is 7. The summed E-state index contributed by atoms with van der Waals surface area (Å²) in [6.45, 7) is 3.28. The van der Waals surface area contributed by atoms with Crippen LogP contribution in [0.4, 0.5) is 0 Å². The molecule has 8 bridgehead atoms. The second kappa shape index (κ2) is 12.3. The predicted octanol–water partition coefficient (Wildman–Crippen LogP) is 8.84. The third-order valence-electron chi connectivity index (χ3n) is 9.18. The van der Waals surface area contributed by atoms with E-state index < -0.39 is 5.97 Å². The second-order valence-electron chi connectivity index (χ2n) is 12.1. The number of rotatable bonds is 1. The van der Waals surface area contributed by atoms with Crippen molar-refractivity contribution in [2.24, 2.45) is 7.05 Å². The van der Waals surface area contributed by atoms with Crippen LogP contribution in [0.2, 0.25) is 5.02 Å². The molecule has 6 aromatic rings. The molecule has 1 N–H and O–H groups in total. The minimum atomic E-state index is -0.955. The van der Waals surface area contributed by atoms with Crippen LogP contribution in [0, 0.1) is 6.92 Å². The third-order valence-corrected chi connectivity index (χ3v) is 11.4. The van der Waals surface area contributed by atoms with Crippen LogP contribution in [-0.4, -0.2) is 37.0 Å². The Kier molecular flexibility index (Phi) is 7.98. The zero-order valence-electron chi connectivity index (χ0n) is 26.1. The number of thioether (sulfide) groups is 2. The molecule has 47 heavy (non-hydrogen) atoms. The van der Waals surface area contributed by atoms with Crippen molar-refractivity contribution in [1.29, 1.82) is 0 Å². The summed E-state index contributed by atoms with van der Waals surface area (Å²) >= 11 is 10.5. The van der Waals surface area contributed by atoms with Crippen molar-refractivity contribution in [2.45, 2.75) is 61.3 Å². The van der Waals surface area contributed by atoms with E-state index in [1.54, 1.807) is 23.5 Å². The van der Waals surface area contributed by atoms with Gasteiger partial charge in [-0.3, -0.25) is 4.68 Å². The first-order valence-electron chi connectivity index (χ1n) is 15.8. The Hall–Kier alpha value is -3.86. The zero-order chi connectivity index (χ0) is 32.2. The van der Waals surface area contributed by atoms with E-state index >= 15 is 0 Å². The molecular weight excluding hydrogens is 652 g/mol. The quantitative estimate of drug-likeness (QED) is 0.184. The lowest BCUT2D eigenvalue weighted by Gasteiger charge is -2.12. The third kappa shape index (κ3) is 5.40. The van der Waals surface area contributed by atoms with Crippen molar-refractivity contribution in [3.8, 4) is 16.9 Å². The van der Waals surface area contributed by atoms with E-state index in [1.165, 1.54) is 0 Å². The average molecular weight is 685 g/mol. The van der Waals surface area contributed by atoms with Gasteiger partial charge in [0.2, 0.25) is 5.89 Å². The van der Waals surface area contributed by atoms with Crippen LogP contribution in [-0.2, 0) is 43.7 Å². The number of aromatic carboxylic acids is 1. The van der Waals surface area contributed by atoms with Crippen LogP contribution < -0.4 is 4.74 Å². The Morgan fingerprint density at radius 2 is 1.87 bits per heavy atom. The molecule has 0 saturated heterocycles. The van der Waals surface area contributed by atoms with Gasteiger partial charge in [0.1, 0.15) is 17.2 Å². The van der Waals surface area contributed by atoms with Gasteiger partial charge in [0.05, 0.1) is 34.3 Å². The smallest absolute Gasteiger partial charge is 0.352 e. The van der Waals surface area contributed by atoms with E-state index in [0.29, 0.717) is 47.6 Å². The Bertz CT molecular complexity index is 2200. The number of carboxylic acids is 1. The highest BCUT2D eigenvalue weighted by molar-refractivity contribution is 7.98. The molecule has 3 aromatic carbocycles. The largest absolute Gasteiger partial charge is 0.493 e. The number of hydrogen-bond donors (Lipinski definition) is 1. The fraction of sp³-hybridized carbons (Fsp3) is 0.306. The van der Waals surface area contributed by atoms with Crippen LogP contribution >= 0.6 is 35.1 Å². The maximum Gasteiger partial charge on any atom is 0.352 e. The lowest BCUT2D eigenvalue weighted by molar-refractivity contribution is 0.0685. The van der Waals surface area contributed by atoms with Gasteiger partial charge in [0.25, 0.3) is 0 Å². The maximum atomic E-state index is 12.8. The Morgan fingerprint density at radius 3 is 2.74 bits per heavy atom. The number of benzene rings is 3. The monoisotopic (exact) mass is 684 g/mol. The molecule has 240 valence electrons. The van der Waals surface area contributed by atoms with Crippen molar-refractivity contribution >= 4 is 62.8 Å². The van der Waals surface area contributed by atoms with Crippen LogP contribution in [0.1, 0.15) is 57.6 Å².